The summed E-state index contributed by atoms with van der Waals surface area (Å²) < 4.78 is 0. The molecule has 0 atom stereocenters. The second kappa shape index (κ2) is 12.1. The van der Waals surface area contributed by atoms with E-state index in [1.807, 2.05) is 0 Å². The Morgan fingerprint density at radius 3 is 0.679 bits per heavy atom. The minimum atomic E-state index is 1.26. The van der Waals surface area contributed by atoms with Crippen LogP contribution in [0.25, 0.3) is 120 Å². The summed E-state index contributed by atoms with van der Waals surface area (Å²) in [6.45, 7) is 0. The normalized spacial score (nSPS) is 11.9. The molecule has 0 aliphatic heterocycles. The van der Waals surface area contributed by atoms with E-state index >= 15 is 0 Å². The predicted molar refractivity (Wildman–Crippen MR) is 243 cm³/mol. The van der Waals surface area contributed by atoms with Crippen molar-refractivity contribution in [2.45, 2.75) is 0 Å². The highest BCUT2D eigenvalue weighted by Gasteiger charge is 2.24. The predicted octanol–water partition coefficient (Wildman–Crippen LogP) is 15.9. The van der Waals surface area contributed by atoms with Gasteiger partial charge in [-0.3, -0.25) is 0 Å². The molecule has 12 rings (SSSR count). The van der Waals surface area contributed by atoms with Crippen molar-refractivity contribution in [2.24, 2.45) is 0 Å². The highest BCUT2D eigenvalue weighted by Crippen LogP contribution is 2.52. The Bertz CT molecular complexity index is 3230. The van der Waals surface area contributed by atoms with Gasteiger partial charge in [0.05, 0.1) is 0 Å². The van der Waals surface area contributed by atoms with Gasteiger partial charge in [-0.25, -0.2) is 0 Å². The monoisotopic (exact) mass is 706 g/mol. The van der Waals surface area contributed by atoms with Crippen molar-refractivity contribution < 1.29 is 0 Å². The van der Waals surface area contributed by atoms with Gasteiger partial charge in [0.15, 0.2) is 0 Å². The molecule has 0 aromatic heterocycles. The molecule has 0 unspecified atom stereocenters. The largest absolute Gasteiger partial charge is 0.0616 e. The lowest BCUT2D eigenvalue weighted by atomic mass is 9.80. The van der Waals surface area contributed by atoms with Crippen molar-refractivity contribution in [3.63, 3.8) is 0 Å². The van der Waals surface area contributed by atoms with Crippen LogP contribution in [0, 0.1) is 0 Å². The zero-order valence-electron chi connectivity index (χ0n) is 30.6. The molecule has 0 N–H and O–H groups in total. The van der Waals surface area contributed by atoms with E-state index in [1.165, 1.54) is 120 Å². The third-order valence-corrected chi connectivity index (χ3v) is 12.2. The van der Waals surface area contributed by atoms with Gasteiger partial charge in [-0.15, -0.1) is 0 Å². The first kappa shape index (κ1) is 31.1. The van der Waals surface area contributed by atoms with Gasteiger partial charge in [0.25, 0.3) is 0 Å². The van der Waals surface area contributed by atoms with Crippen LogP contribution in [0.1, 0.15) is 0 Å². The average Bonchev–Trinajstić information content (AvgIpc) is 3.27. The van der Waals surface area contributed by atoms with E-state index < -0.39 is 0 Å². The zero-order chi connectivity index (χ0) is 36.7. The standard InChI is InChI=1S/C56H34/c1-3-19-37-35(17-1)33-51(41-23-7-5-21-39(37)41)53-43-25-9-13-29-47(43)55(48-30-14-10-26-44(48)53)56-49-31-15-11-27-45(49)54(46-28-12-16-32-50(46)56)52-34-36-18-2-4-20-38(36)40-22-6-8-24-42(40)52/h1-34H. The van der Waals surface area contributed by atoms with Crippen molar-refractivity contribution >= 4 is 86.2 Å². The average molecular weight is 707 g/mol. The zero-order valence-corrected chi connectivity index (χ0v) is 30.6. The lowest BCUT2D eigenvalue weighted by Gasteiger charge is -2.23. The lowest BCUT2D eigenvalue weighted by Crippen LogP contribution is -1.95. The van der Waals surface area contributed by atoms with E-state index in [0.29, 0.717) is 0 Å². The Hall–Kier alpha value is -7.28. The maximum Gasteiger partial charge on any atom is -0.00139 e. The molecule has 0 fully saturated rings. The summed E-state index contributed by atoms with van der Waals surface area (Å²) >= 11 is 0. The summed E-state index contributed by atoms with van der Waals surface area (Å²) in [5.74, 6) is 0. The molecule has 0 heteroatoms. The van der Waals surface area contributed by atoms with Crippen molar-refractivity contribution in [3.8, 4) is 33.4 Å². The van der Waals surface area contributed by atoms with Crippen molar-refractivity contribution in [1.29, 1.82) is 0 Å². The van der Waals surface area contributed by atoms with Crippen LogP contribution in [0.5, 0.6) is 0 Å². The van der Waals surface area contributed by atoms with Gasteiger partial charge in [-0.2, -0.15) is 0 Å². The topological polar surface area (TPSA) is 0 Å². The number of hydrogen-bond acceptors (Lipinski definition) is 0. The number of hydrogen-bond donors (Lipinski definition) is 0. The van der Waals surface area contributed by atoms with Crippen LogP contribution >= 0.6 is 0 Å². The first-order chi connectivity index (χ1) is 27.8. The van der Waals surface area contributed by atoms with E-state index in [-0.39, 0.29) is 0 Å². The van der Waals surface area contributed by atoms with Crippen LogP contribution in [0.3, 0.4) is 0 Å². The third-order valence-electron chi connectivity index (χ3n) is 12.2. The molecule has 0 saturated carbocycles. The van der Waals surface area contributed by atoms with Crippen LogP contribution in [0.2, 0.25) is 0 Å². The van der Waals surface area contributed by atoms with Crippen LogP contribution in [0.15, 0.2) is 206 Å². The molecule has 0 saturated heterocycles. The summed E-state index contributed by atoms with van der Waals surface area (Å²) in [5, 5.41) is 20.3. The first-order valence-electron chi connectivity index (χ1n) is 19.5. The molecule has 0 radical (unpaired) electrons. The van der Waals surface area contributed by atoms with Gasteiger partial charge in [-0.05, 0) is 132 Å². The summed E-state index contributed by atoms with van der Waals surface area (Å²) in [5.41, 5.74) is 7.68. The van der Waals surface area contributed by atoms with E-state index in [2.05, 4.69) is 206 Å². The van der Waals surface area contributed by atoms with Crippen molar-refractivity contribution in [3.05, 3.63) is 206 Å². The Morgan fingerprint density at radius 2 is 0.375 bits per heavy atom. The van der Waals surface area contributed by atoms with Crippen molar-refractivity contribution in [1.82, 2.24) is 0 Å². The molecule has 0 nitrogen and oxygen atoms in total. The minimum absolute atomic E-state index is 1.26. The van der Waals surface area contributed by atoms with Crippen LogP contribution in [0.4, 0.5) is 0 Å². The number of fused-ring (bicyclic) bond motifs is 10. The Kier molecular flexibility index (Phi) is 6.73. The maximum absolute atomic E-state index is 2.42. The first-order valence-corrected chi connectivity index (χ1v) is 19.5. The third kappa shape index (κ3) is 4.42. The molecule has 0 amide bonds. The van der Waals surface area contributed by atoms with Gasteiger partial charge in [0.2, 0.25) is 0 Å². The van der Waals surface area contributed by atoms with Crippen molar-refractivity contribution in [2.75, 3.05) is 0 Å². The fraction of sp³-hybridized carbons (Fsp3) is 0. The molecule has 56 heavy (non-hydrogen) atoms. The minimum Gasteiger partial charge on any atom is -0.0616 e. The smallest absolute Gasteiger partial charge is 0.00139 e. The van der Waals surface area contributed by atoms with E-state index in [0.717, 1.165) is 0 Å². The highest BCUT2D eigenvalue weighted by molar-refractivity contribution is 6.32. The van der Waals surface area contributed by atoms with Gasteiger partial charge >= 0.3 is 0 Å². The molecule has 0 aliphatic carbocycles. The number of benzene rings is 12. The fourth-order valence-electron chi connectivity index (χ4n) is 9.90. The van der Waals surface area contributed by atoms with Gasteiger partial charge in [0, 0.05) is 0 Å². The van der Waals surface area contributed by atoms with Crippen LogP contribution < -0.4 is 0 Å². The van der Waals surface area contributed by atoms with Crippen LogP contribution in [-0.4, -0.2) is 0 Å². The molecular formula is C56H34. The molecule has 12 aromatic rings. The Balaban J connectivity index is 1.25. The second-order valence-electron chi connectivity index (χ2n) is 15.1. The molecule has 0 heterocycles. The maximum atomic E-state index is 2.42. The summed E-state index contributed by atoms with van der Waals surface area (Å²) in [6.07, 6.45) is 0. The molecule has 0 bridgehead atoms. The lowest BCUT2D eigenvalue weighted by molar-refractivity contribution is 1.69. The SMILES string of the molecule is c1ccc2c(c1)cc(-c1c3ccccc3c(-c3c4ccccc4c(-c4cc5ccccc5c5ccccc45)c4ccccc34)c3ccccc13)c1ccccc12. The summed E-state index contributed by atoms with van der Waals surface area (Å²) in [4.78, 5) is 0. The van der Waals surface area contributed by atoms with Gasteiger partial charge in [0.1, 0.15) is 0 Å². The fourth-order valence-corrected chi connectivity index (χ4v) is 9.90. The summed E-state index contributed by atoms with van der Waals surface area (Å²) in [6, 6.07) is 76.7. The second-order valence-corrected chi connectivity index (χ2v) is 15.1. The highest BCUT2D eigenvalue weighted by atomic mass is 14.3. The molecule has 12 aromatic carbocycles. The quantitative estimate of drug-likeness (QED) is 0.127. The molecular weight excluding hydrogens is 673 g/mol. The van der Waals surface area contributed by atoms with Crippen LogP contribution in [-0.2, 0) is 0 Å². The molecule has 0 spiro atoms. The Labute approximate surface area is 324 Å². The Morgan fingerprint density at radius 1 is 0.161 bits per heavy atom. The van der Waals surface area contributed by atoms with Gasteiger partial charge < -0.3 is 0 Å². The van der Waals surface area contributed by atoms with E-state index in [1.54, 1.807) is 0 Å². The number of rotatable bonds is 3. The molecule has 258 valence electrons. The van der Waals surface area contributed by atoms with E-state index in [4.69, 9.17) is 0 Å². The summed E-state index contributed by atoms with van der Waals surface area (Å²) in [7, 11) is 0. The molecule has 0 aliphatic rings. The van der Waals surface area contributed by atoms with E-state index in [9.17, 15) is 0 Å². The van der Waals surface area contributed by atoms with Gasteiger partial charge in [-0.1, -0.05) is 194 Å².